The third kappa shape index (κ3) is 3.81. The number of carbonyl (C=O) groups is 1. The lowest BCUT2D eigenvalue weighted by molar-refractivity contribution is 0.0774. The number of nitrogens with zero attached hydrogens (tertiary/aromatic N) is 4. The van der Waals surface area contributed by atoms with Crippen LogP contribution in [0, 0.1) is 0 Å². The number of hydrogen-bond acceptors (Lipinski definition) is 3. The second-order valence-electron chi connectivity index (χ2n) is 5.48. The minimum atomic E-state index is -0.166. The molecular weight excluding hydrogens is 324 g/mol. The fourth-order valence-electron chi connectivity index (χ4n) is 2.40. The lowest BCUT2D eigenvalue weighted by Gasteiger charge is -2.17. The third-order valence-corrected chi connectivity index (χ3v) is 3.89. The van der Waals surface area contributed by atoms with E-state index in [9.17, 15) is 4.79 Å². The van der Waals surface area contributed by atoms with Crippen molar-refractivity contribution >= 4 is 17.5 Å². The van der Waals surface area contributed by atoms with Crippen molar-refractivity contribution in [3.63, 3.8) is 0 Å². The summed E-state index contributed by atoms with van der Waals surface area (Å²) in [6, 6.07) is 13.4. The van der Waals surface area contributed by atoms with Crippen molar-refractivity contribution in [3.8, 4) is 0 Å². The van der Waals surface area contributed by atoms with Gasteiger partial charge in [0.2, 0.25) is 0 Å². The van der Waals surface area contributed by atoms with Gasteiger partial charge in [-0.05, 0) is 17.7 Å². The number of halogens is 1. The smallest absolute Gasteiger partial charge is 0.272 e. The van der Waals surface area contributed by atoms with Crippen molar-refractivity contribution in [3.05, 3.63) is 83.2 Å². The quantitative estimate of drug-likeness (QED) is 0.716. The molecule has 3 aromatic rings. The lowest BCUT2D eigenvalue weighted by Crippen LogP contribution is -2.28. The molecule has 6 heteroatoms. The molecule has 0 N–H and O–H groups in total. The summed E-state index contributed by atoms with van der Waals surface area (Å²) in [5, 5.41) is 0.507. The van der Waals surface area contributed by atoms with Crippen LogP contribution in [0.2, 0.25) is 5.02 Å². The molecule has 0 aliphatic carbocycles. The summed E-state index contributed by atoms with van der Waals surface area (Å²) in [6.07, 6.45) is 5.14. The Balaban J connectivity index is 1.71. The Labute approximate surface area is 145 Å². The van der Waals surface area contributed by atoms with Crippen molar-refractivity contribution in [2.75, 3.05) is 7.05 Å². The molecule has 5 nitrogen and oxygen atoms in total. The van der Waals surface area contributed by atoms with E-state index in [1.54, 1.807) is 30.3 Å². The lowest BCUT2D eigenvalue weighted by atomic mass is 10.2. The average molecular weight is 341 g/mol. The molecule has 0 aliphatic heterocycles. The van der Waals surface area contributed by atoms with Crippen molar-refractivity contribution in [2.45, 2.75) is 13.1 Å². The molecule has 0 saturated heterocycles. The van der Waals surface area contributed by atoms with Crippen LogP contribution < -0.4 is 0 Å². The predicted molar refractivity (Wildman–Crippen MR) is 92.8 cm³/mol. The SMILES string of the molecule is CN(Cc1nccn1Cc1ccccc1)C(=O)c1ccc(Cl)cn1. The van der Waals surface area contributed by atoms with Gasteiger partial charge in [-0.3, -0.25) is 4.79 Å². The van der Waals surface area contributed by atoms with E-state index < -0.39 is 0 Å². The molecule has 1 amide bonds. The molecule has 0 bridgehead atoms. The molecule has 0 fully saturated rings. The van der Waals surface area contributed by atoms with Gasteiger partial charge in [0.05, 0.1) is 11.6 Å². The molecule has 0 unspecified atom stereocenters. The van der Waals surface area contributed by atoms with Gasteiger partial charge >= 0.3 is 0 Å². The van der Waals surface area contributed by atoms with Crippen molar-refractivity contribution < 1.29 is 4.79 Å². The normalized spacial score (nSPS) is 10.6. The van der Waals surface area contributed by atoms with Gasteiger partial charge in [0.1, 0.15) is 11.5 Å². The van der Waals surface area contributed by atoms with Crippen LogP contribution in [0.15, 0.2) is 61.1 Å². The van der Waals surface area contributed by atoms with Gasteiger partial charge in [0.25, 0.3) is 5.91 Å². The molecular formula is C18H17ClN4O. The number of rotatable bonds is 5. The van der Waals surface area contributed by atoms with E-state index in [-0.39, 0.29) is 5.91 Å². The average Bonchev–Trinajstić information content (AvgIpc) is 3.02. The van der Waals surface area contributed by atoms with Gasteiger partial charge in [-0.2, -0.15) is 0 Å². The van der Waals surface area contributed by atoms with Crippen LogP contribution in [0.1, 0.15) is 21.9 Å². The molecule has 24 heavy (non-hydrogen) atoms. The molecule has 0 atom stereocenters. The van der Waals surface area contributed by atoms with E-state index in [1.165, 1.54) is 11.8 Å². The Morgan fingerprint density at radius 3 is 2.67 bits per heavy atom. The van der Waals surface area contributed by atoms with Crippen molar-refractivity contribution in [2.24, 2.45) is 0 Å². The Kier molecular flexibility index (Phi) is 4.91. The van der Waals surface area contributed by atoms with Gasteiger partial charge in [-0.25, -0.2) is 9.97 Å². The van der Waals surface area contributed by atoms with E-state index in [2.05, 4.69) is 22.1 Å². The molecule has 122 valence electrons. The minimum absolute atomic E-state index is 0.166. The van der Waals surface area contributed by atoms with E-state index >= 15 is 0 Å². The summed E-state index contributed by atoms with van der Waals surface area (Å²) in [5.74, 6) is 0.657. The van der Waals surface area contributed by atoms with Crippen molar-refractivity contribution in [1.29, 1.82) is 0 Å². The molecule has 2 aromatic heterocycles. The molecule has 2 heterocycles. The first kappa shape index (κ1) is 16.2. The van der Waals surface area contributed by atoms with Crippen LogP contribution in [0.25, 0.3) is 0 Å². The number of carbonyl (C=O) groups excluding carboxylic acids is 1. The number of aromatic nitrogens is 3. The number of hydrogen-bond donors (Lipinski definition) is 0. The second-order valence-corrected chi connectivity index (χ2v) is 5.92. The fourth-order valence-corrected chi connectivity index (χ4v) is 2.51. The first-order valence-corrected chi connectivity index (χ1v) is 7.92. The van der Waals surface area contributed by atoms with Crippen LogP contribution >= 0.6 is 11.6 Å². The predicted octanol–water partition coefficient (Wildman–Crippen LogP) is 3.25. The van der Waals surface area contributed by atoms with Gasteiger partial charge in [-0.15, -0.1) is 0 Å². The molecule has 0 saturated carbocycles. The topological polar surface area (TPSA) is 51.0 Å². The Morgan fingerprint density at radius 1 is 1.17 bits per heavy atom. The first-order valence-electron chi connectivity index (χ1n) is 7.54. The maximum atomic E-state index is 12.4. The highest BCUT2D eigenvalue weighted by Crippen LogP contribution is 2.11. The zero-order valence-electron chi connectivity index (χ0n) is 13.3. The molecule has 3 rings (SSSR count). The summed E-state index contributed by atoms with van der Waals surface area (Å²) >= 11 is 5.81. The van der Waals surface area contributed by atoms with Crippen LogP contribution in [0.3, 0.4) is 0 Å². The zero-order chi connectivity index (χ0) is 16.9. The van der Waals surface area contributed by atoms with E-state index in [0.29, 0.717) is 17.3 Å². The number of benzene rings is 1. The number of pyridine rings is 1. The fraction of sp³-hybridized carbons (Fsp3) is 0.167. The van der Waals surface area contributed by atoms with Gasteiger partial charge in [0, 0.05) is 32.2 Å². The van der Waals surface area contributed by atoms with E-state index in [0.717, 1.165) is 12.4 Å². The highest BCUT2D eigenvalue weighted by Gasteiger charge is 2.15. The summed E-state index contributed by atoms with van der Waals surface area (Å²) in [5.41, 5.74) is 1.55. The monoisotopic (exact) mass is 340 g/mol. The van der Waals surface area contributed by atoms with Gasteiger partial charge in [-0.1, -0.05) is 41.9 Å². The van der Waals surface area contributed by atoms with Crippen molar-refractivity contribution in [1.82, 2.24) is 19.4 Å². The number of imidazole rings is 1. The maximum absolute atomic E-state index is 12.4. The summed E-state index contributed by atoms with van der Waals surface area (Å²) in [4.78, 5) is 22.5. The number of amides is 1. The standard InChI is InChI=1S/C18H17ClN4O/c1-22(18(24)16-8-7-15(19)11-21-16)13-17-20-9-10-23(17)12-14-5-3-2-4-6-14/h2-11H,12-13H2,1H3. The van der Waals surface area contributed by atoms with Crippen LogP contribution in [-0.2, 0) is 13.1 Å². The molecule has 1 aromatic carbocycles. The maximum Gasteiger partial charge on any atom is 0.272 e. The highest BCUT2D eigenvalue weighted by atomic mass is 35.5. The molecule has 0 radical (unpaired) electrons. The van der Waals surface area contributed by atoms with E-state index in [1.807, 2.05) is 29.0 Å². The Hall–Kier alpha value is -2.66. The third-order valence-electron chi connectivity index (χ3n) is 3.67. The van der Waals surface area contributed by atoms with E-state index in [4.69, 9.17) is 11.6 Å². The summed E-state index contributed by atoms with van der Waals surface area (Å²) in [6.45, 7) is 1.13. The molecule has 0 spiro atoms. The van der Waals surface area contributed by atoms with Crippen LogP contribution in [0.4, 0.5) is 0 Å². The summed E-state index contributed by atoms with van der Waals surface area (Å²) < 4.78 is 2.04. The van der Waals surface area contributed by atoms with Gasteiger partial charge < -0.3 is 9.47 Å². The second kappa shape index (κ2) is 7.27. The highest BCUT2D eigenvalue weighted by molar-refractivity contribution is 6.30. The molecule has 0 aliphatic rings. The minimum Gasteiger partial charge on any atom is -0.333 e. The Bertz CT molecular complexity index is 815. The van der Waals surface area contributed by atoms with Gasteiger partial charge in [0.15, 0.2) is 0 Å². The largest absolute Gasteiger partial charge is 0.333 e. The van der Waals surface area contributed by atoms with Crippen LogP contribution in [-0.4, -0.2) is 32.4 Å². The van der Waals surface area contributed by atoms with Crippen LogP contribution in [0.5, 0.6) is 0 Å². The zero-order valence-corrected chi connectivity index (χ0v) is 14.0. The first-order chi connectivity index (χ1) is 11.6. The summed E-state index contributed by atoms with van der Waals surface area (Å²) in [7, 11) is 1.74. The Morgan fingerprint density at radius 2 is 1.96 bits per heavy atom.